The molecule has 0 atom stereocenters. The molecular formula is C22H14S. The third-order valence-corrected chi connectivity index (χ3v) is 5.47. The zero-order valence-corrected chi connectivity index (χ0v) is 13.3. The minimum atomic E-state index is 1.30. The summed E-state index contributed by atoms with van der Waals surface area (Å²) in [6.07, 6.45) is 0. The first kappa shape index (κ1) is 12.9. The van der Waals surface area contributed by atoms with E-state index in [1.807, 2.05) is 0 Å². The molecule has 0 saturated heterocycles. The zero-order chi connectivity index (χ0) is 15.2. The summed E-state index contributed by atoms with van der Waals surface area (Å²) in [5.74, 6) is 0. The Morgan fingerprint density at radius 1 is 0.522 bits per heavy atom. The summed E-state index contributed by atoms with van der Waals surface area (Å²) in [4.78, 5) is 1.32. The lowest BCUT2D eigenvalue weighted by Crippen LogP contribution is -1.81. The summed E-state index contributed by atoms with van der Waals surface area (Å²) >= 11 is 1.79. The van der Waals surface area contributed by atoms with Crippen molar-refractivity contribution in [3.8, 4) is 10.4 Å². The third kappa shape index (κ3) is 1.97. The predicted octanol–water partition coefficient (Wildman–Crippen LogP) is 6.87. The van der Waals surface area contributed by atoms with E-state index in [4.69, 9.17) is 0 Å². The lowest BCUT2D eigenvalue weighted by Gasteiger charge is -2.08. The number of benzene rings is 4. The van der Waals surface area contributed by atoms with Crippen molar-refractivity contribution in [2.45, 2.75) is 0 Å². The molecule has 108 valence electrons. The van der Waals surface area contributed by atoms with Gasteiger partial charge in [0.25, 0.3) is 0 Å². The molecule has 1 heteroatoms. The second-order valence-corrected chi connectivity index (χ2v) is 6.81. The fraction of sp³-hybridized carbons (Fsp3) is 0. The summed E-state index contributed by atoms with van der Waals surface area (Å²) in [6, 6.07) is 28.7. The van der Waals surface area contributed by atoms with Gasteiger partial charge in [-0.2, -0.15) is 0 Å². The molecule has 5 aromatic rings. The quantitative estimate of drug-likeness (QED) is 0.296. The van der Waals surface area contributed by atoms with Crippen LogP contribution in [0.15, 0.2) is 84.2 Å². The fourth-order valence-corrected chi connectivity index (χ4v) is 4.15. The smallest absolute Gasteiger partial charge is 0.0342 e. The van der Waals surface area contributed by atoms with Crippen molar-refractivity contribution < 1.29 is 0 Å². The number of rotatable bonds is 1. The summed E-state index contributed by atoms with van der Waals surface area (Å²) < 4.78 is 0. The van der Waals surface area contributed by atoms with Crippen LogP contribution in [0.2, 0.25) is 0 Å². The van der Waals surface area contributed by atoms with Gasteiger partial charge >= 0.3 is 0 Å². The Labute approximate surface area is 138 Å². The second-order valence-electron chi connectivity index (χ2n) is 5.86. The van der Waals surface area contributed by atoms with Crippen molar-refractivity contribution in [1.29, 1.82) is 0 Å². The molecular weight excluding hydrogens is 296 g/mol. The first-order valence-corrected chi connectivity index (χ1v) is 8.66. The van der Waals surface area contributed by atoms with Crippen LogP contribution in [-0.2, 0) is 0 Å². The van der Waals surface area contributed by atoms with Gasteiger partial charge in [-0.25, -0.2) is 0 Å². The molecule has 4 aromatic carbocycles. The maximum atomic E-state index is 2.30. The van der Waals surface area contributed by atoms with E-state index in [1.165, 1.54) is 42.8 Å². The lowest BCUT2D eigenvalue weighted by atomic mass is 9.96. The molecule has 0 aliphatic heterocycles. The van der Waals surface area contributed by atoms with Crippen LogP contribution in [0.25, 0.3) is 42.8 Å². The molecule has 0 radical (unpaired) electrons. The molecule has 0 fully saturated rings. The van der Waals surface area contributed by atoms with E-state index < -0.39 is 0 Å². The van der Waals surface area contributed by atoms with Gasteiger partial charge in [-0.3, -0.25) is 0 Å². The van der Waals surface area contributed by atoms with E-state index >= 15 is 0 Å². The van der Waals surface area contributed by atoms with Crippen molar-refractivity contribution >= 4 is 43.7 Å². The number of fused-ring (bicyclic) bond motifs is 5. The topological polar surface area (TPSA) is 0 Å². The highest BCUT2D eigenvalue weighted by Gasteiger charge is 2.06. The second kappa shape index (κ2) is 4.94. The van der Waals surface area contributed by atoms with Crippen molar-refractivity contribution in [3.63, 3.8) is 0 Å². The number of hydrogen-bond acceptors (Lipinski definition) is 1. The van der Waals surface area contributed by atoms with Crippen LogP contribution in [0.1, 0.15) is 0 Å². The molecule has 0 nitrogen and oxygen atoms in total. The van der Waals surface area contributed by atoms with Gasteiger partial charge in [0.1, 0.15) is 0 Å². The third-order valence-electron chi connectivity index (χ3n) is 4.55. The Kier molecular flexibility index (Phi) is 2.76. The van der Waals surface area contributed by atoms with E-state index in [0.29, 0.717) is 0 Å². The fourth-order valence-electron chi connectivity index (χ4n) is 3.43. The SMILES string of the molecule is c1csc(-c2ccc3c(ccc4c5ccccc5ccc34)c2)c1. The molecule has 1 aromatic heterocycles. The van der Waals surface area contributed by atoms with Crippen LogP contribution in [0.3, 0.4) is 0 Å². The Hall–Kier alpha value is -2.64. The van der Waals surface area contributed by atoms with Gasteiger partial charge in [-0.15, -0.1) is 11.3 Å². The minimum absolute atomic E-state index is 1.30. The van der Waals surface area contributed by atoms with E-state index in [0.717, 1.165) is 0 Å². The molecule has 0 unspecified atom stereocenters. The highest BCUT2D eigenvalue weighted by Crippen LogP contribution is 2.34. The Balaban J connectivity index is 1.85. The van der Waals surface area contributed by atoms with E-state index in [-0.39, 0.29) is 0 Å². The Bertz CT molecular complexity index is 1150. The maximum Gasteiger partial charge on any atom is 0.0342 e. The molecule has 0 amide bonds. The van der Waals surface area contributed by atoms with Crippen LogP contribution in [0.5, 0.6) is 0 Å². The highest BCUT2D eigenvalue weighted by atomic mass is 32.1. The summed E-state index contributed by atoms with van der Waals surface area (Å²) in [5.41, 5.74) is 1.30. The summed E-state index contributed by atoms with van der Waals surface area (Å²) in [6.45, 7) is 0. The molecule has 0 aliphatic carbocycles. The summed E-state index contributed by atoms with van der Waals surface area (Å²) in [7, 11) is 0. The van der Waals surface area contributed by atoms with Gasteiger partial charge in [0.15, 0.2) is 0 Å². The van der Waals surface area contributed by atoms with Gasteiger partial charge < -0.3 is 0 Å². The van der Waals surface area contributed by atoms with Gasteiger partial charge in [-0.05, 0) is 55.4 Å². The van der Waals surface area contributed by atoms with Crippen molar-refractivity contribution in [2.24, 2.45) is 0 Å². The molecule has 0 N–H and O–H groups in total. The molecule has 0 saturated carbocycles. The normalized spacial score (nSPS) is 11.5. The lowest BCUT2D eigenvalue weighted by molar-refractivity contribution is 1.76. The monoisotopic (exact) mass is 310 g/mol. The van der Waals surface area contributed by atoms with Crippen LogP contribution in [-0.4, -0.2) is 0 Å². The first-order valence-electron chi connectivity index (χ1n) is 7.78. The minimum Gasteiger partial charge on any atom is -0.144 e. The van der Waals surface area contributed by atoms with Crippen LogP contribution in [0, 0.1) is 0 Å². The predicted molar refractivity (Wildman–Crippen MR) is 102 cm³/mol. The van der Waals surface area contributed by atoms with Crippen LogP contribution >= 0.6 is 11.3 Å². The number of hydrogen-bond donors (Lipinski definition) is 0. The van der Waals surface area contributed by atoms with E-state index in [2.05, 4.69) is 84.2 Å². The van der Waals surface area contributed by atoms with Gasteiger partial charge in [-0.1, -0.05) is 66.7 Å². The van der Waals surface area contributed by atoms with E-state index in [1.54, 1.807) is 11.3 Å². The highest BCUT2D eigenvalue weighted by molar-refractivity contribution is 7.13. The van der Waals surface area contributed by atoms with E-state index in [9.17, 15) is 0 Å². The zero-order valence-electron chi connectivity index (χ0n) is 12.5. The number of thiophene rings is 1. The molecule has 1 heterocycles. The molecule has 5 rings (SSSR count). The Morgan fingerprint density at radius 3 is 2.09 bits per heavy atom. The largest absolute Gasteiger partial charge is 0.144 e. The van der Waals surface area contributed by atoms with Crippen molar-refractivity contribution in [2.75, 3.05) is 0 Å². The molecule has 23 heavy (non-hydrogen) atoms. The Morgan fingerprint density at radius 2 is 1.26 bits per heavy atom. The average molecular weight is 310 g/mol. The standard InChI is InChI=1S/C22H14S/c1-2-5-18-15(4-1)7-11-21-19-10-9-17(22-6-3-13-23-22)14-16(19)8-12-20(18)21/h1-14H. The average Bonchev–Trinajstić information content (AvgIpc) is 3.15. The summed E-state index contributed by atoms with van der Waals surface area (Å²) in [5, 5.41) is 10.1. The van der Waals surface area contributed by atoms with Gasteiger partial charge in [0.2, 0.25) is 0 Å². The molecule has 0 spiro atoms. The van der Waals surface area contributed by atoms with Crippen molar-refractivity contribution in [3.05, 3.63) is 84.2 Å². The van der Waals surface area contributed by atoms with Crippen LogP contribution < -0.4 is 0 Å². The van der Waals surface area contributed by atoms with Gasteiger partial charge in [0.05, 0.1) is 0 Å². The van der Waals surface area contributed by atoms with Crippen LogP contribution in [0.4, 0.5) is 0 Å². The molecule has 0 aliphatic rings. The van der Waals surface area contributed by atoms with Crippen molar-refractivity contribution in [1.82, 2.24) is 0 Å². The maximum absolute atomic E-state index is 2.30. The first-order chi connectivity index (χ1) is 11.4. The molecule has 0 bridgehead atoms. The van der Waals surface area contributed by atoms with Gasteiger partial charge in [0, 0.05) is 4.88 Å².